The summed E-state index contributed by atoms with van der Waals surface area (Å²) in [6.07, 6.45) is 13.4. The zero-order valence-corrected chi connectivity index (χ0v) is 17.1. The van der Waals surface area contributed by atoms with E-state index < -0.39 is 11.6 Å². The third-order valence-corrected chi connectivity index (χ3v) is 4.97. The van der Waals surface area contributed by atoms with Crippen LogP contribution in [-0.4, -0.2) is 24.8 Å². The summed E-state index contributed by atoms with van der Waals surface area (Å²) < 4.78 is 27.8. The quantitative estimate of drug-likeness (QED) is 0.663. The Bertz CT molecular complexity index is 1320. The molecule has 0 fully saturated rings. The SMILES string of the molecule is C=C(/C=C1/N=C(c2cccc(F)c2F)N=C1C=NC)Cc1ccc2c(c1)=CC=CCC=2. The molecule has 154 valence electrons. The van der Waals surface area contributed by atoms with E-state index in [0.29, 0.717) is 17.8 Å². The number of rotatable bonds is 5. The molecule has 0 unspecified atom stereocenters. The maximum absolute atomic E-state index is 14.2. The fraction of sp³-hybridized carbons (Fsp3) is 0.115. The van der Waals surface area contributed by atoms with Crippen molar-refractivity contribution in [1.82, 2.24) is 0 Å². The number of hydrogen-bond donors (Lipinski definition) is 0. The average molecular weight is 413 g/mol. The van der Waals surface area contributed by atoms with E-state index in [2.05, 4.69) is 64.1 Å². The second kappa shape index (κ2) is 8.96. The van der Waals surface area contributed by atoms with E-state index in [1.807, 2.05) is 6.08 Å². The van der Waals surface area contributed by atoms with Gasteiger partial charge in [-0.1, -0.05) is 55.1 Å². The second-order valence-corrected chi connectivity index (χ2v) is 7.28. The van der Waals surface area contributed by atoms with E-state index in [1.165, 1.54) is 22.6 Å². The van der Waals surface area contributed by atoms with Crippen LogP contribution in [0.3, 0.4) is 0 Å². The largest absolute Gasteiger partial charge is 0.294 e. The van der Waals surface area contributed by atoms with Gasteiger partial charge in [-0.25, -0.2) is 18.8 Å². The molecular weight excluding hydrogens is 392 g/mol. The number of halogens is 2. The van der Waals surface area contributed by atoms with Gasteiger partial charge in [0, 0.05) is 13.3 Å². The molecule has 0 saturated heterocycles. The van der Waals surface area contributed by atoms with E-state index in [9.17, 15) is 8.78 Å². The van der Waals surface area contributed by atoms with Crippen LogP contribution in [0.4, 0.5) is 8.78 Å². The van der Waals surface area contributed by atoms with Gasteiger partial charge >= 0.3 is 0 Å². The van der Waals surface area contributed by atoms with Crippen LogP contribution < -0.4 is 10.4 Å². The average Bonchev–Trinajstić information content (AvgIpc) is 2.98. The number of benzene rings is 2. The monoisotopic (exact) mass is 413 g/mol. The zero-order valence-electron chi connectivity index (χ0n) is 17.1. The fourth-order valence-corrected chi connectivity index (χ4v) is 3.50. The lowest BCUT2D eigenvalue weighted by molar-refractivity contribution is 0.507. The third kappa shape index (κ3) is 4.56. The molecule has 0 amide bonds. The van der Waals surface area contributed by atoms with Crippen molar-refractivity contribution in [3.63, 3.8) is 0 Å². The van der Waals surface area contributed by atoms with Gasteiger partial charge in [-0.15, -0.1) is 0 Å². The summed E-state index contributed by atoms with van der Waals surface area (Å²) >= 11 is 0. The molecule has 0 bridgehead atoms. The maximum Gasteiger partial charge on any atom is 0.169 e. The molecule has 3 nitrogen and oxygen atoms in total. The Morgan fingerprint density at radius 2 is 2.03 bits per heavy atom. The highest BCUT2D eigenvalue weighted by atomic mass is 19.2. The molecule has 0 spiro atoms. The van der Waals surface area contributed by atoms with Crippen LogP contribution in [0, 0.1) is 11.6 Å². The van der Waals surface area contributed by atoms with Gasteiger partial charge in [0.1, 0.15) is 5.71 Å². The second-order valence-electron chi connectivity index (χ2n) is 7.28. The van der Waals surface area contributed by atoms with Crippen LogP contribution in [0.5, 0.6) is 0 Å². The van der Waals surface area contributed by atoms with Crippen molar-refractivity contribution in [2.75, 3.05) is 7.05 Å². The van der Waals surface area contributed by atoms with Gasteiger partial charge in [-0.2, -0.15) is 0 Å². The van der Waals surface area contributed by atoms with Crippen LogP contribution in [0.1, 0.15) is 17.5 Å². The van der Waals surface area contributed by atoms with Crippen molar-refractivity contribution < 1.29 is 8.78 Å². The van der Waals surface area contributed by atoms with Gasteiger partial charge in [-0.3, -0.25) is 4.99 Å². The highest BCUT2D eigenvalue weighted by Crippen LogP contribution is 2.21. The minimum atomic E-state index is -0.968. The molecule has 0 atom stereocenters. The van der Waals surface area contributed by atoms with Gasteiger partial charge in [-0.05, 0) is 52.6 Å². The summed E-state index contributed by atoms with van der Waals surface area (Å²) in [5, 5.41) is 2.39. The van der Waals surface area contributed by atoms with Gasteiger partial charge in [0.05, 0.1) is 11.3 Å². The first kappa shape index (κ1) is 20.5. The Labute approximate surface area is 179 Å². The molecule has 31 heavy (non-hydrogen) atoms. The summed E-state index contributed by atoms with van der Waals surface area (Å²) in [7, 11) is 1.62. The molecule has 1 aliphatic heterocycles. The number of allylic oxidation sites excluding steroid dienone is 5. The topological polar surface area (TPSA) is 37.1 Å². The van der Waals surface area contributed by atoms with E-state index in [1.54, 1.807) is 13.3 Å². The first-order valence-electron chi connectivity index (χ1n) is 9.95. The summed E-state index contributed by atoms with van der Waals surface area (Å²) in [5.74, 6) is -1.78. The molecule has 5 heteroatoms. The minimum Gasteiger partial charge on any atom is -0.294 e. The molecule has 1 aliphatic carbocycles. The van der Waals surface area contributed by atoms with Gasteiger partial charge in [0.25, 0.3) is 0 Å². The Hall–Kier alpha value is -3.73. The normalized spacial score (nSPS) is 16.4. The summed E-state index contributed by atoms with van der Waals surface area (Å²) in [6.45, 7) is 4.16. The van der Waals surface area contributed by atoms with Crippen molar-refractivity contribution in [1.29, 1.82) is 0 Å². The van der Waals surface area contributed by atoms with E-state index >= 15 is 0 Å². The van der Waals surface area contributed by atoms with Crippen LogP contribution >= 0.6 is 0 Å². The lowest BCUT2D eigenvalue weighted by Crippen LogP contribution is -2.24. The molecule has 4 rings (SSSR count). The number of aliphatic imine (C=N–C) groups is 3. The molecule has 2 aromatic rings. The van der Waals surface area contributed by atoms with E-state index in [-0.39, 0.29) is 11.4 Å². The van der Waals surface area contributed by atoms with Crippen molar-refractivity contribution in [3.8, 4) is 0 Å². The molecular formula is C26H21F2N3. The van der Waals surface area contributed by atoms with E-state index in [4.69, 9.17) is 0 Å². The summed E-state index contributed by atoms with van der Waals surface area (Å²) in [4.78, 5) is 12.8. The molecule has 0 radical (unpaired) electrons. The van der Waals surface area contributed by atoms with Crippen LogP contribution in [0.2, 0.25) is 0 Å². The van der Waals surface area contributed by atoms with Crippen LogP contribution in [0.25, 0.3) is 12.2 Å². The first-order chi connectivity index (χ1) is 15.0. The highest BCUT2D eigenvalue weighted by molar-refractivity contribution is 6.43. The molecule has 2 aromatic carbocycles. The summed E-state index contributed by atoms with van der Waals surface area (Å²) in [5.41, 5.74) is 2.97. The van der Waals surface area contributed by atoms with Gasteiger partial charge in [0.15, 0.2) is 17.5 Å². The van der Waals surface area contributed by atoms with Crippen molar-refractivity contribution in [3.05, 3.63) is 106 Å². The molecule has 0 saturated carbocycles. The number of nitrogens with zero attached hydrogens (tertiary/aromatic N) is 3. The number of hydrogen-bond acceptors (Lipinski definition) is 3. The minimum absolute atomic E-state index is 0.0154. The van der Waals surface area contributed by atoms with E-state index in [0.717, 1.165) is 23.6 Å². The van der Waals surface area contributed by atoms with Gasteiger partial charge < -0.3 is 0 Å². The number of fused-ring (bicyclic) bond motifs is 1. The Morgan fingerprint density at radius 1 is 1.16 bits per heavy atom. The molecule has 2 aliphatic rings. The molecule has 1 heterocycles. The van der Waals surface area contributed by atoms with Crippen LogP contribution in [0.15, 0.2) is 87.5 Å². The lowest BCUT2D eigenvalue weighted by Gasteiger charge is -2.03. The van der Waals surface area contributed by atoms with Crippen molar-refractivity contribution in [2.45, 2.75) is 12.8 Å². The third-order valence-electron chi connectivity index (χ3n) is 4.97. The fourth-order valence-electron chi connectivity index (χ4n) is 3.50. The standard InChI is InChI=1S/C26H21F2N3/c1-17(13-18-11-12-19-7-4-3-5-8-20(19)15-18)14-23-24(16-29-2)31-26(30-23)21-9-6-10-22(27)25(21)28/h3,5-12,14-16H,1,4,13H2,2H3/b23-14+,29-16?. The predicted octanol–water partition coefficient (Wildman–Crippen LogP) is 4.07. The molecule has 0 aromatic heterocycles. The number of amidine groups is 1. The Balaban J connectivity index is 1.63. The molecule has 0 N–H and O–H groups in total. The smallest absolute Gasteiger partial charge is 0.169 e. The van der Waals surface area contributed by atoms with Crippen LogP contribution in [-0.2, 0) is 6.42 Å². The first-order valence-corrected chi connectivity index (χ1v) is 9.95. The predicted molar refractivity (Wildman–Crippen MR) is 124 cm³/mol. The van der Waals surface area contributed by atoms with Crippen molar-refractivity contribution in [2.24, 2.45) is 15.0 Å². The Kier molecular flexibility index (Phi) is 5.94. The van der Waals surface area contributed by atoms with Gasteiger partial charge in [0.2, 0.25) is 0 Å². The highest BCUT2D eigenvalue weighted by Gasteiger charge is 2.20. The zero-order chi connectivity index (χ0) is 21.8. The Morgan fingerprint density at radius 3 is 2.87 bits per heavy atom. The lowest BCUT2D eigenvalue weighted by atomic mass is 10.0. The van der Waals surface area contributed by atoms with Crippen molar-refractivity contribution >= 4 is 29.9 Å². The maximum atomic E-state index is 14.2. The summed E-state index contributed by atoms with van der Waals surface area (Å²) in [6, 6.07) is 10.3.